The first-order chi connectivity index (χ1) is 10.4. The van der Waals surface area contributed by atoms with Crippen LogP contribution in [0.5, 0.6) is 0 Å². The van der Waals surface area contributed by atoms with Crippen LogP contribution in [0.4, 0.5) is 14.5 Å². The van der Waals surface area contributed by atoms with Crippen LogP contribution in [0.3, 0.4) is 0 Å². The van der Waals surface area contributed by atoms with Gasteiger partial charge >= 0.3 is 5.97 Å². The highest BCUT2D eigenvalue weighted by molar-refractivity contribution is 5.97. The molecule has 0 saturated carbocycles. The van der Waals surface area contributed by atoms with Crippen LogP contribution in [0.25, 0.3) is 0 Å². The fraction of sp³-hybridized carbons (Fsp3) is 0.125. The molecule has 1 atom stereocenters. The molecule has 0 aliphatic heterocycles. The smallest absolute Gasteiger partial charge is 0.335 e. The molecular weight excluding hydrogens is 292 g/mol. The SMILES string of the molecule is CC(C(=O)Nc1cc(C(=O)O)ccc1F)c1cccc(F)c1. The molecule has 0 aliphatic carbocycles. The standard InChI is InChI=1S/C16H13F2NO3/c1-9(10-3-2-4-12(17)7-10)15(20)19-14-8-11(16(21)22)5-6-13(14)18/h2-9H,1H3,(H,19,20)(H,21,22). The lowest BCUT2D eigenvalue weighted by Crippen LogP contribution is -2.20. The van der Waals surface area contributed by atoms with Crippen LogP contribution in [-0.2, 0) is 4.79 Å². The van der Waals surface area contributed by atoms with Crippen LogP contribution in [0, 0.1) is 11.6 Å². The van der Waals surface area contributed by atoms with Gasteiger partial charge in [-0.15, -0.1) is 0 Å². The van der Waals surface area contributed by atoms with E-state index in [1.807, 2.05) is 0 Å². The van der Waals surface area contributed by atoms with Crippen molar-refractivity contribution in [3.63, 3.8) is 0 Å². The molecule has 0 fully saturated rings. The molecule has 0 aliphatic rings. The van der Waals surface area contributed by atoms with Crippen molar-refractivity contribution < 1.29 is 23.5 Å². The summed E-state index contributed by atoms with van der Waals surface area (Å²) in [4.78, 5) is 23.0. The number of carbonyl (C=O) groups excluding carboxylic acids is 1. The maximum atomic E-state index is 13.7. The number of carboxylic acids is 1. The van der Waals surface area contributed by atoms with E-state index in [0.29, 0.717) is 5.56 Å². The fourth-order valence-corrected chi connectivity index (χ4v) is 1.92. The Balaban J connectivity index is 2.21. The Morgan fingerprint density at radius 2 is 1.86 bits per heavy atom. The second kappa shape index (κ2) is 6.34. The zero-order valence-corrected chi connectivity index (χ0v) is 11.6. The van der Waals surface area contributed by atoms with Crippen molar-refractivity contribution in [2.75, 3.05) is 5.32 Å². The lowest BCUT2D eigenvalue weighted by Gasteiger charge is -2.13. The third-order valence-electron chi connectivity index (χ3n) is 3.21. The highest BCUT2D eigenvalue weighted by atomic mass is 19.1. The van der Waals surface area contributed by atoms with Crippen molar-refractivity contribution in [2.45, 2.75) is 12.8 Å². The van der Waals surface area contributed by atoms with E-state index >= 15 is 0 Å². The second-order valence-corrected chi connectivity index (χ2v) is 4.77. The number of benzene rings is 2. The van der Waals surface area contributed by atoms with Gasteiger partial charge in [0.1, 0.15) is 11.6 Å². The molecule has 0 saturated heterocycles. The molecule has 0 aromatic heterocycles. The van der Waals surface area contributed by atoms with E-state index < -0.39 is 29.4 Å². The highest BCUT2D eigenvalue weighted by Gasteiger charge is 2.18. The average Bonchev–Trinajstić information content (AvgIpc) is 2.48. The lowest BCUT2D eigenvalue weighted by molar-refractivity contribution is -0.117. The normalized spacial score (nSPS) is 11.8. The van der Waals surface area contributed by atoms with E-state index in [9.17, 15) is 18.4 Å². The number of hydrogen-bond acceptors (Lipinski definition) is 2. The van der Waals surface area contributed by atoms with E-state index in [-0.39, 0.29) is 11.3 Å². The van der Waals surface area contributed by atoms with Crippen LogP contribution in [-0.4, -0.2) is 17.0 Å². The first-order valence-electron chi connectivity index (χ1n) is 6.47. The highest BCUT2D eigenvalue weighted by Crippen LogP contribution is 2.21. The maximum absolute atomic E-state index is 13.7. The molecule has 0 heterocycles. The van der Waals surface area contributed by atoms with Gasteiger partial charge < -0.3 is 10.4 Å². The minimum atomic E-state index is -1.23. The average molecular weight is 305 g/mol. The lowest BCUT2D eigenvalue weighted by atomic mass is 10.00. The molecule has 0 bridgehead atoms. The van der Waals surface area contributed by atoms with E-state index in [1.165, 1.54) is 18.2 Å². The van der Waals surface area contributed by atoms with Crippen molar-refractivity contribution in [1.29, 1.82) is 0 Å². The Morgan fingerprint density at radius 3 is 2.50 bits per heavy atom. The van der Waals surface area contributed by atoms with Crippen LogP contribution >= 0.6 is 0 Å². The van der Waals surface area contributed by atoms with E-state index in [4.69, 9.17) is 5.11 Å². The molecule has 1 amide bonds. The van der Waals surface area contributed by atoms with Gasteiger partial charge in [-0.05, 0) is 42.8 Å². The topological polar surface area (TPSA) is 66.4 Å². The number of carbonyl (C=O) groups is 2. The van der Waals surface area contributed by atoms with Crippen LogP contribution < -0.4 is 5.32 Å². The number of carboxylic acid groups (broad SMARTS) is 1. The number of rotatable bonds is 4. The Kier molecular flexibility index (Phi) is 4.50. The summed E-state index contributed by atoms with van der Waals surface area (Å²) in [5.41, 5.74) is 0.0653. The number of nitrogens with one attached hydrogen (secondary N) is 1. The first kappa shape index (κ1) is 15.6. The monoisotopic (exact) mass is 305 g/mol. The number of anilines is 1. The molecule has 0 radical (unpaired) electrons. The van der Waals surface area contributed by atoms with Crippen molar-refractivity contribution in [2.24, 2.45) is 0 Å². The Bertz CT molecular complexity index is 731. The van der Waals surface area contributed by atoms with Crippen LogP contribution in [0.15, 0.2) is 42.5 Å². The number of halogens is 2. The summed E-state index contributed by atoms with van der Waals surface area (Å²) in [5.74, 6) is -3.73. The molecule has 114 valence electrons. The third kappa shape index (κ3) is 3.46. The molecule has 2 rings (SSSR count). The van der Waals surface area contributed by atoms with Gasteiger partial charge in [-0.2, -0.15) is 0 Å². The molecule has 2 aromatic rings. The summed E-state index contributed by atoms with van der Waals surface area (Å²) in [5, 5.41) is 11.2. The zero-order valence-electron chi connectivity index (χ0n) is 11.6. The maximum Gasteiger partial charge on any atom is 0.335 e. The zero-order chi connectivity index (χ0) is 16.3. The van der Waals surface area contributed by atoms with Gasteiger partial charge in [-0.1, -0.05) is 12.1 Å². The Labute approximate surface area is 125 Å². The quantitative estimate of drug-likeness (QED) is 0.909. The van der Waals surface area contributed by atoms with Crippen LogP contribution in [0.1, 0.15) is 28.8 Å². The second-order valence-electron chi connectivity index (χ2n) is 4.77. The van der Waals surface area contributed by atoms with Gasteiger partial charge in [0.05, 0.1) is 17.2 Å². The van der Waals surface area contributed by atoms with Gasteiger partial charge in [-0.3, -0.25) is 4.79 Å². The Hall–Kier alpha value is -2.76. The fourth-order valence-electron chi connectivity index (χ4n) is 1.92. The summed E-state index contributed by atoms with van der Waals surface area (Å²) in [6.07, 6.45) is 0. The van der Waals surface area contributed by atoms with Crippen molar-refractivity contribution >= 4 is 17.6 Å². The predicted octanol–water partition coefficient (Wildman–Crippen LogP) is 3.41. The molecule has 2 N–H and O–H groups in total. The van der Waals surface area contributed by atoms with Gasteiger partial charge in [-0.25, -0.2) is 13.6 Å². The molecular formula is C16H13F2NO3. The summed E-state index contributed by atoms with van der Waals surface area (Å²) in [6, 6.07) is 8.62. The van der Waals surface area contributed by atoms with E-state index in [2.05, 4.69) is 5.32 Å². The molecule has 2 aromatic carbocycles. The van der Waals surface area contributed by atoms with Gasteiger partial charge in [0.15, 0.2) is 0 Å². The summed E-state index contributed by atoms with van der Waals surface area (Å²) >= 11 is 0. The number of hydrogen-bond donors (Lipinski definition) is 2. The molecule has 6 heteroatoms. The number of amides is 1. The van der Waals surface area contributed by atoms with E-state index in [0.717, 1.165) is 18.2 Å². The summed E-state index contributed by atoms with van der Waals surface area (Å²) < 4.78 is 26.8. The third-order valence-corrected chi connectivity index (χ3v) is 3.21. The van der Waals surface area contributed by atoms with Gasteiger partial charge in [0.2, 0.25) is 5.91 Å². The van der Waals surface area contributed by atoms with Crippen molar-refractivity contribution in [3.8, 4) is 0 Å². The van der Waals surface area contributed by atoms with Gasteiger partial charge in [0, 0.05) is 0 Å². The Morgan fingerprint density at radius 1 is 1.14 bits per heavy atom. The summed E-state index contributed by atoms with van der Waals surface area (Å²) in [6.45, 7) is 1.54. The predicted molar refractivity (Wildman–Crippen MR) is 76.8 cm³/mol. The number of aromatic carboxylic acids is 1. The van der Waals surface area contributed by atoms with E-state index in [1.54, 1.807) is 13.0 Å². The molecule has 22 heavy (non-hydrogen) atoms. The largest absolute Gasteiger partial charge is 0.478 e. The first-order valence-corrected chi connectivity index (χ1v) is 6.47. The van der Waals surface area contributed by atoms with Crippen LogP contribution in [0.2, 0.25) is 0 Å². The minimum absolute atomic E-state index is 0.143. The van der Waals surface area contributed by atoms with Gasteiger partial charge in [0.25, 0.3) is 0 Å². The summed E-state index contributed by atoms with van der Waals surface area (Å²) in [7, 11) is 0. The molecule has 4 nitrogen and oxygen atoms in total. The molecule has 0 spiro atoms. The van der Waals surface area contributed by atoms with Crippen molar-refractivity contribution in [3.05, 3.63) is 65.2 Å². The molecule has 1 unspecified atom stereocenters. The van der Waals surface area contributed by atoms with Crippen molar-refractivity contribution in [1.82, 2.24) is 0 Å². The minimum Gasteiger partial charge on any atom is -0.478 e.